The highest BCUT2D eigenvalue weighted by molar-refractivity contribution is 7.85. The van der Waals surface area contributed by atoms with E-state index in [1.807, 2.05) is 0 Å². The van der Waals surface area contributed by atoms with Gasteiger partial charge in [0.15, 0.2) is 0 Å². The van der Waals surface area contributed by atoms with E-state index in [0.717, 1.165) is 0 Å². The first kappa shape index (κ1) is 20.9. The van der Waals surface area contributed by atoms with Gasteiger partial charge in [-0.15, -0.1) is 9.66 Å². The monoisotopic (exact) mass is 418 g/mol. The Balaban J connectivity index is 2.20. The van der Waals surface area contributed by atoms with Gasteiger partial charge >= 0.3 is 20.6 Å². The highest BCUT2D eigenvalue weighted by Gasteiger charge is 2.13. The van der Waals surface area contributed by atoms with Crippen molar-refractivity contribution in [3.8, 4) is 23.0 Å². The van der Waals surface area contributed by atoms with E-state index in [1.165, 1.54) is 36.4 Å². The first-order chi connectivity index (χ1) is 12.5. The molecule has 0 spiro atoms. The SMILES string of the molecule is Cc1cc(OS(=O)(=O)NN)ccc1Oc1ccc(OS(=O)(=O)NN)cc1C. The molecule has 0 radical (unpaired) electrons. The number of hydrogen-bond acceptors (Lipinski definition) is 9. The maximum atomic E-state index is 11.3. The maximum absolute atomic E-state index is 11.3. The van der Waals surface area contributed by atoms with Gasteiger partial charge in [-0.25, -0.2) is 0 Å². The molecule has 13 heteroatoms. The van der Waals surface area contributed by atoms with Crippen molar-refractivity contribution in [2.75, 3.05) is 0 Å². The lowest BCUT2D eigenvalue weighted by molar-refractivity contribution is 0.460. The number of ether oxygens (including phenoxy) is 1. The van der Waals surface area contributed by atoms with Gasteiger partial charge in [0.05, 0.1) is 0 Å². The van der Waals surface area contributed by atoms with E-state index in [0.29, 0.717) is 22.6 Å². The standard InChI is InChI=1S/C14H18N4O7S2/c1-9-7-11(24-26(19,20)17-15)3-5-13(9)23-14-6-4-12(8-10(14)2)25-27(21,22)18-16/h3-8,17-18H,15-16H2,1-2H3. The molecule has 0 heterocycles. The predicted octanol–water partition coefficient (Wildman–Crippen LogP) is 0.270. The van der Waals surface area contributed by atoms with Crippen LogP contribution < -0.4 is 34.5 Å². The second-order valence-corrected chi connectivity index (χ2v) is 7.89. The Labute approximate surface area is 156 Å². The van der Waals surface area contributed by atoms with Crippen LogP contribution in [-0.2, 0) is 20.6 Å². The van der Waals surface area contributed by atoms with Crippen LogP contribution >= 0.6 is 0 Å². The van der Waals surface area contributed by atoms with Crippen molar-refractivity contribution < 1.29 is 29.9 Å². The average molecular weight is 418 g/mol. The van der Waals surface area contributed by atoms with Crippen molar-refractivity contribution in [1.29, 1.82) is 0 Å². The van der Waals surface area contributed by atoms with Crippen LogP contribution in [0.15, 0.2) is 36.4 Å². The summed E-state index contributed by atoms with van der Waals surface area (Å²) in [5.41, 5.74) is 1.18. The van der Waals surface area contributed by atoms with Crippen LogP contribution in [0, 0.1) is 13.8 Å². The molecule has 0 aliphatic rings. The summed E-state index contributed by atoms with van der Waals surface area (Å²) in [6, 6.07) is 8.73. The second kappa shape index (κ2) is 8.08. The predicted molar refractivity (Wildman–Crippen MR) is 96.2 cm³/mol. The molecule has 0 saturated carbocycles. The van der Waals surface area contributed by atoms with Crippen LogP contribution in [0.3, 0.4) is 0 Å². The minimum absolute atomic E-state index is 0.0535. The van der Waals surface area contributed by atoms with Crippen LogP contribution in [-0.4, -0.2) is 16.8 Å². The zero-order valence-electron chi connectivity index (χ0n) is 14.3. The number of benzene rings is 2. The molecule has 2 aromatic carbocycles. The summed E-state index contributed by atoms with van der Waals surface area (Å²) < 4.78 is 60.4. The van der Waals surface area contributed by atoms with Crippen molar-refractivity contribution in [3.05, 3.63) is 47.5 Å². The number of nitrogens with two attached hydrogens (primary N) is 2. The first-order valence-electron chi connectivity index (χ1n) is 7.28. The average Bonchev–Trinajstić information content (AvgIpc) is 2.59. The molecule has 0 atom stereocenters. The van der Waals surface area contributed by atoms with E-state index in [-0.39, 0.29) is 11.5 Å². The molecule has 0 saturated heterocycles. The van der Waals surface area contributed by atoms with Gasteiger partial charge in [0.25, 0.3) is 0 Å². The minimum Gasteiger partial charge on any atom is -0.457 e. The zero-order chi connectivity index (χ0) is 20.2. The Morgan fingerprint density at radius 1 is 0.741 bits per heavy atom. The van der Waals surface area contributed by atoms with Gasteiger partial charge in [-0.2, -0.15) is 16.8 Å². The lowest BCUT2D eigenvalue weighted by Gasteiger charge is -2.13. The third kappa shape index (κ3) is 5.78. The summed E-state index contributed by atoms with van der Waals surface area (Å²) in [4.78, 5) is 3.10. The van der Waals surface area contributed by atoms with Crippen molar-refractivity contribution in [3.63, 3.8) is 0 Å². The number of hydrazine groups is 2. The first-order valence-corrected chi connectivity index (χ1v) is 10.1. The fourth-order valence-corrected chi connectivity index (χ4v) is 2.81. The summed E-state index contributed by atoms with van der Waals surface area (Å²) in [5, 5.41) is 0. The Hall–Kier alpha value is -2.42. The number of hydrogen-bond donors (Lipinski definition) is 4. The van der Waals surface area contributed by atoms with Crippen molar-refractivity contribution in [2.45, 2.75) is 13.8 Å². The molecule has 0 unspecified atom stereocenters. The Bertz CT molecular complexity index is 956. The Kier molecular flexibility index (Phi) is 6.25. The summed E-state index contributed by atoms with van der Waals surface area (Å²) >= 11 is 0. The summed E-state index contributed by atoms with van der Waals surface area (Å²) in [7, 11) is -8.16. The lowest BCUT2D eigenvalue weighted by Crippen LogP contribution is -2.33. The van der Waals surface area contributed by atoms with Gasteiger partial charge in [-0.3, -0.25) is 11.7 Å². The van der Waals surface area contributed by atoms with Gasteiger partial charge in [0.1, 0.15) is 23.0 Å². The third-order valence-electron chi connectivity index (χ3n) is 3.21. The van der Waals surface area contributed by atoms with Crippen LogP contribution in [0.4, 0.5) is 0 Å². The van der Waals surface area contributed by atoms with Gasteiger partial charge in [-0.05, 0) is 61.4 Å². The van der Waals surface area contributed by atoms with Gasteiger partial charge in [0, 0.05) is 0 Å². The lowest BCUT2D eigenvalue weighted by atomic mass is 10.2. The van der Waals surface area contributed by atoms with Crippen LogP contribution in [0.5, 0.6) is 23.0 Å². The normalized spacial score (nSPS) is 11.9. The fourth-order valence-electron chi connectivity index (χ4n) is 2.00. The van der Waals surface area contributed by atoms with E-state index in [1.54, 1.807) is 23.5 Å². The number of rotatable bonds is 8. The highest BCUT2D eigenvalue weighted by atomic mass is 32.2. The molecule has 0 fully saturated rings. The van der Waals surface area contributed by atoms with E-state index in [2.05, 4.69) is 0 Å². The van der Waals surface area contributed by atoms with Gasteiger partial charge in [0.2, 0.25) is 0 Å². The van der Waals surface area contributed by atoms with E-state index in [4.69, 9.17) is 24.8 Å². The molecule has 2 aromatic rings. The summed E-state index contributed by atoms with van der Waals surface area (Å²) in [6.45, 7) is 3.38. The molecule has 0 amide bonds. The Morgan fingerprint density at radius 2 is 1.11 bits per heavy atom. The van der Waals surface area contributed by atoms with Crippen LogP contribution in [0.2, 0.25) is 0 Å². The molecule has 0 bridgehead atoms. The molecule has 6 N–H and O–H groups in total. The molecule has 0 aromatic heterocycles. The van der Waals surface area contributed by atoms with Crippen molar-refractivity contribution in [1.82, 2.24) is 9.66 Å². The quantitative estimate of drug-likeness (QED) is 0.347. The minimum atomic E-state index is -4.08. The summed E-state index contributed by atoms with van der Waals surface area (Å²) in [6.07, 6.45) is 0. The van der Waals surface area contributed by atoms with E-state index in [9.17, 15) is 16.8 Å². The van der Waals surface area contributed by atoms with Crippen LogP contribution in [0.25, 0.3) is 0 Å². The molecule has 148 valence electrons. The smallest absolute Gasteiger partial charge is 0.395 e. The van der Waals surface area contributed by atoms with Gasteiger partial charge < -0.3 is 13.1 Å². The van der Waals surface area contributed by atoms with Crippen LogP contribution in [0.1, 0.15) is 11.1 Å². The fraction of sp³-hybridized carbons (Fsp3) is 0.143. The summed E-state index contributed by atoms with van der Waals surface area (Å²) in [5.74, 6) is 10.7. The van der Waals surface area contributed by atoms with E-state index >= 15 is 0 Å². The third-order valence-corrected chi connectivity index (χ3v) is 4.61. The topological polar surface area (TPSA) is 172 Å². The molecule has 0 aliphatic heterocycles. The molecular formula is C14H18N4O7S2. The largest absolute Gasteiger partial charge is 0.457 e. The van der Waals surface area contributed by atoms with Crippen molar-refractivity contribution >= 4 is 20.6 Å². The number of aryl methyl sites for hydroxylation is 2. The molecule has 11 nitrogen and oxygen atoms in total. The number of nitrogens with one attached hydrogen (secondary N) is 2. The molecule has 27 heavy (non-hydrogen) atoms. The van der Waals surface area contributed by atoms with Crippen molar-refractivity contribution in [2.24, 2.45) is 11.7 Å². The maximum Gasteiger partial charge on any atom is 0.395 e. The zero-order valence-corrected chi connectivity index (χ0v) is 15.9. The molecular weight excluding hydrogens is 400 g/mol. The van der Waals surface area contributed by atoms with Gasteiger partial charge in [-0.1, -0.05) is 0 Å². The molecule has 0 aliphatic carbocycles. The Morgan fingerprint density at radius 3 is 1.41 bits per heavy atom. The highest BCUT2D eigenvalue weighted by Crippen LogP contribution is 2.32. The second-order valence-electron chi connectivity index (χ2n) is 5.27. The van der Waals surface area contributed by atoms with E-state index < -0.39 is 20.6 Å². The molecule has 2 rings (SSSR count).